The number of rotatable bonds is 11. The second-order valence-corrected chi connectivity index (χ2v) is 8.00. The smallest absolute Gasteiger partial charge is 0.253 e. The molecule has 0 bridgehead atoms. The Bertz CT molecular complexity index is 904. The topological polar surface area (TPSA) is 90.5 Å². The van der Waals surface area contributed by atoms with E-state index >= 15 is 0 Å². The lowest BCUT2D eigenvalue weighted by molar-refractivity contribution is -0.119. The van der Waals surface area contributed by atoms with E-state index < -0.39 is 0 Å². The van der Waals surface area contributed by atoms with Crippen LogP contribution >= 0.6 is 0 Å². The van der Waals surface area contributed by atoms with E-state index in [0.29, 0.717) is 22.6 Å². The van der Waals surface area contributed by atoms with E-state index in [0.717, 1.165) is 25.9 Å². The van der Waals surface area contributed by atoms with Gasteiger partial charge in [0, 0.05) is 41.6 Å². The van der Waals surface area contributed by atoms with Crippen molar-refractivity contribution in [2.24, 2.45) is 5.92 Å². The van der Waals surface area contributed by atoms with E-state index in [9.17, 15) is 14.4 Å². The summed E-state index contributed by atoms with van der Waals surface area (Å²) in [6.45, 7) is 9.30. The van der Waals surface area contributed by atoms with Crippen LogP contribution in [0.25, 0.3) is 0 Å². The molecule has 0 aromatic heterocycles. The molecule has 2 rings (SSSR count). The Hall–Kier alpha value is -3.35. The quantitative estimate of drug-likeness (QED) is 0.478. The fourth-order valence-corrected chi connectivity index (χ4v) is 3.11. The summed E-state index contributed by atoms with van der Waals surface area (Å²) in [5.41, 5.74) is 2.64. The molecule has 0 radical (unpaired) electrons. The van der Waals surface area contributed by atoms with Crippen LogP contribution in [0.15, 0.2) is 48.5 Å². The molecule has 0 unspecified atom stereocenters. The van der Waals surface area contributed by atoms with Crippen LogP contribution in [0.2, 0.25) is 0 Å². The molecule has 3 amide bonds. The molecule has 0 aliphatic heterocycles. The zero-order valence-electron chi connectivity index (χ0n) is 19.4. The van der Waals surface area contributed by atoms with Crippen molar-refractivity contribution in [3.63, 3.8) is 0 Å². The highest BCUT2D eigenvalue weighted by molar-refractivity contribution is 5.96. The van der Waals surface area contributed by atoms with Crippen LogP contribution in [-0.2, 0) is 9.59 Å². The highest BCUT2D eigenvalue weighted by Crippen LogP contribution is 2.16. The average Bonchev–Trinajstić information content (AvgIpc) is 2.78. The predicted molar refractivity (Wildman–Crippen MR) is 130 cm³/mol. The second kappa shape index (κ2) is 12.5. The molecule has 3 N–H and O–H groups in total. The van der Waals surface area contributed by atoms with Gasteiger partial charge in [-0.3, -0.25) is 14.4 Å². The summed E-state index contributed by atoms with van der Waals surface area (Å²) in [7, 11) is 0. The van der Waals surface area contributed by atoms with E-state index in [1.165, 1.54) is 0 Å². The number of benzene rings is 2. The van der Waals surface area contributed by atoms with Crippen LogP contribution in [0.1, 0.15) is 50.9 Å². The van der Waals surface area contributed by atoms with E-state index in [4.69, 9.17) is 0 Å². The van der Waals surface area contributed by atoms with Crippen molar-refractivity contribution in [1.82, 2.24) is 4.90 Å². The van der Waals surface area contributed by atoms with Gasteiger partial charge in [-0.05, 0) is 55.3 Å². The summed E-state index contributed by atoms with van der Waals surface area (Å²) in [6, 6.07) is 14.2. The Morgan fingerprint density at radius 2 is 1.44 bits per heavy atom. The van der Waals surface area contributed by atoms with Gasteiger partial charge >= 0.3 is 0 Å². The number of hydrogen-bond acceptors (Lipinski definition) is 4. The number of hydrogen-bond donors (Lipinski definition) is 3. The minimum atomic E-state index is -0.209. The number of carbonyl (C=O) groups excluding carboxylic acids is 3. The molecule has 7 nitrogen and oxygen atoms in total. The summed E-state index contributed by atoms with van der Waals surface area (Å²) in [4.78, 5) is 38.7. The van der Waals surface area contributed by atoms with Crippen molar-refractivity contribution >= 4 is 34.8 Å². The minimum Gasteiger partial charge on any atom is -0.376 e. The van der Waals surface area contributed by atoms with Gasteiger partial charge in [0.1, 0.15) is 0 Å². The van der Waals surface area contributed by atoms with Crippen molar-refractivity contribution in [3.8, 4) is 0 Å². The largest absolute Gasteiger partial charge is 0.376 e. The van der Waals surface area contributed by atoms with Gasteiger partial charge in [-0.2, -0.15) is 0 Å². The Kier molecular flexibility index (Phi) is 9.73. The standard InChI is InChI=1S/C25H34N4O3/c1-5-14-29(15-6-2)25(32)19-8-7-9-22(16-19)26-17-23(30)27-20-10-12-21(13-11-20)28-24(31)18(3)4/h7-13,16,18,26H,5-6,14-15,17H2,1-4H3,(H,27,30)(H,28,31). The number of carbonyl (C=O) groups is 3. The molecule has 0 fully saturated rings. The fourth-order valence-electron chi connectivity index (χ4n) is 3.11. The zero-order chi connectivity index (χ0) is 23.5. The number of amides is 3. The van der Waals surface area contributed by atoms with Crippen LogP contribution in [0.3, 0.4) is 0 Å². The monoisotopic (exact) mass is 438 g/mol. The molecule has 0 saturated carbocycles. The van der Waals surface area contributed by atoms with E-state index in [1.807, 2.05) is 30.9 Å². The number of anilines is 3. The van der Waals surface area contributed by atoms with Gasteiger partial charge in [-0.1, -0.05) is 33.8 Å². The van der Waals surface area contributed by atoms with Crippen molar-refractivity contribution in [1.29, 1.82) is 0 Å². The van der Waals surface area contributed by atoms with Crippen LogP contribution < -0.4 is 16.0 Å². The highest BCUT2D eigenvalue weighted by Gasteiger charge is 2.14. The van der Waals surface area contributed by atoms with Gasteiger partial charge in [0.2, 0.25) is 11.8 Å². The first-order valence-corrected chi connectivity index (χ1v) is 11.2. The first-order valence-electron chi connectivity index (χ1n) is 11.2. The van der Waals surface area contributed by atoms with Crippen molar-refractivity contribution in [2.75, 3.05) is 35.6 Å². The van der Waals surface area contributed by atoms with Crippen LogP contribution in [0.5, 0.6) is 0 Å². The average molecular weight is 439 g/mol. The lowest BCUT2D eigenvalue weighted by atomic mass is 10.1. The van der Waals surface area contributed by atoms with Crippen LogP contribution in [-0.4, -0.2) is 42.3 Å². The molecular formula is C25H34N4O3. The fraction of sp³-hybridized carbons (Fsp3) is 0.400. The van der Waals surface area contributed by atoms with Crippen molar-refractivity contribution in [2.45, 2.75) is 40.5 Å². The zero-order valence-corrected chi connectivity index (χ0v) is 19.4. The summed E-state index contributed by atoms with van der Waals surface area (Å²) in [5, 5.41) is 8.70. The molecule has 2 aromatic carbocycles. The molecule has 0 aliphatic rings. The Balaban J connectivity index is 1.91. The molecule has 0 heterocycles. The Morgan fingerprint density at radius 1 is 0.844 bits per heavy atom. The van der Waals surface area contributed by atoms with Crippen LogP contribution in [0.4, 0.5) is 17.1 Å². The molecule has 0 aliphatic carbocycles. The summed E-state index contributed by atoms with van der Waals surface area (Å²) >= 11 is 0. The number of nitrogens with one attached hydrogen (secondary N) is 3. The maximum absolute atomic E-state index is 12.8. The van der Waals surface area contributed by atoms with E-state index in [2.05, 4.69) is 29.8 Å². The SMILES string of the molecule is CCCN(CCC)C(=O)c1cccc(NCC(=O)Nc2ccc(NC(=O)C(C)C)cc2)c1. The third-order valence-electron chi connectivity index (χ3n) is 4.80. The molecule has 0 atom stereocenters. The van der Waals surface area contributed by atoms with E-state index in [1.54, 1.807) is 36.4 Å². The van der Waals surface area contributed by atoms with Gasteiger partial charge < -0.3 is 20.9 Å². The summed E-state index contributed by atoms with van der Waals surface area (Å²) < 4.78 is 0. The van der Waals surface area contributed by atoms with Gasteiger partial charge in [-0.15, -0.1) is 0 Å². The minimum absolute atomic E-state index is 0.00597. The summed E-state index contributed by atoms with van der Waals surface area (Å²) in [6.07, 6.45) is 1.82. The Morgan fingerprint density at radius 3 is 2.00 bits per heavy atom. The van der Waals surface area contributed by atoms with Gasteiger partial charge in [-0.25, -0.2) is 0 Å². The van der Waals surface area contributed by atoms with Gasteiger partial charge in [0.05, 0.1) is 6.54 Å². The molecule has 0 spiro atoms. The van der Waals surface area contributed by atoms with Crippen molar-refractivity contribution in [3.05, 3.63) is 54.1 Å². The third kappa shape index (κ3) is 7.72. The lowest BCUT2D eigenvalue weighted by Gasteiger charge is -2.21. The first kappa shape index (κ1) is 24.9. The Labute approximate surface area is 190 Å². The lowest BCUT2D eigenvalue weighted by Crippen LogP contribution is -2.32. The van der Waals surface area contributed by atoms with Gasteiger partial charge in [0.15, 0.2) is 0 Å². The molecule has 0 saturated heterocycles. The first-order chi connectivity index (χ1) is 15.3. The maximum atomic E-state index is 12.8. The van der Waals surface area contributed by atoms with Gasteiger partial charge in [0.25, 0.3) is 5.91 Å². The van der Waals surface area contributed by atoms with E-state index in [-0.39, 0.29) is 30.2 Å². The normalized spacial score (nSPS) is 10.5. The molecule has 7 heteroatoms. The van der Waals surface area contributed by atoms with Crippen molar-refractivity contribution < 1.29 is 14.4 Å². The van der Waals surface area contributed by atoms with Crippen LogP contribution in [0, 0.1) is 5.92 Å². The molecule has 32 heavy (non-hydrogen) atoms. The molecule has 2 aromatic rings. The molecular weight excluding hydrogens is 404 g/mol. The number of nitrogens with zero attached hydrogens (tertiary/aromatic N) is 1. The maximum Gasteiger partial charge on any atom is 0.253 e. The second-order valence-electron chi connectivity index (χ2n) is 8.00. The summed E-state index contributed by atoms with van der Waals surface area (Å²) in [5.74, 6) is -0.361. The predicted octanol–water partition coefficient (Wildman–Crippen LogP) is 4.59. The highest BCUT2D eigenvalue weighted by atomic mass is 16.2. The third-order valence-corrected chi connectivity index (χ3v) is 4.80. The molecule has 172 valence electrons.